The van der Waals surface area contributed by atoms with Crippen molar-refractivity contribution in [2.75, 3.05) is 19.0 Å². The van der Waals surface area contributed by atoms with Crippen molar-refractivity contribution in [3.8, 4) is 5.75 Å². The van der Waals surface area contributed by atoms with Gasteiger partial charge in [0.15, 0.2) is 5.17 Å². The molecule has 1 aliphatic heterocycles. The second-order valence-electron chi connectivity index (χ2n) is 6.94. The van der Waals surface area contributed by atoms with Gasteiger partial charge in [-0.3, -0.25) is 14.5 Å². The molecule has 2 aromatic carbocycles. The number of carbonyl (C=O) groups is 2. The van der Waals surface area contributed by atoms with Crippen LogP contribution in [-0.2, 0) is 9.59 Å². The maximum absolute atomic E-state index is 12.9. The molecule has 3 rings (SSSR count). The highest BCUT2D eigenvalue weighted by molar-refractivity contribution is 8.15. The number of aliphatic imine (C=N–C) groups is 1. The minimum Gasteiger partial charge on any atom is -0.497 e. The summed E-state index contributed by atoms with van der Waals surface area (Å²) in [5.41, 5.74) is 3.65. The van der Waals surface area contributed by atoms with Crippen LogP contribution in [0.1, 0.15) is 17.5 Å². The average Bonchev–Trinajstić information content (AvgIpc) is 3.00. The predicted octanol–water partition coefficient (Wildman–Crippen LogP) is 4.46. The third kappa shape index (κ3) is 4.91. The van der Waals surface area contributed by atoms with Gasteiger partial charge in [0.2, 0.25) is 11.8 Å². The molecule has 1 atom stereocenters. The molecule has 1 N–H and O–H groups in total. The van der Waals surface area contributed by atoms with Gasteiger partial charge >= 0.3 is 0 Å². The number of hydrogen-bond acceptors (Lipinski definition) is 5. The Morgan fingerprint density at radius 1 is 1.30 bits per heavy atom. The van der Waals surface area contributed by atoms with Crippen LogP contribution in [0.5, 0.6) is 5.75 Å². The number of ether oxygens (including phenoxy) is 1. The van der Waals surface area contributed by atoms with E-state index in [4.69, 9.17) is 9.73 Å². The Kier molecular flexibility index (Phi) is 6.95. The summed E-state index contributed by atoms with van der Waals surface area (Å²) in [4.78, 5) is 31.8. The van der Waals surface area contributed by atoms with E-state index in [0.717, 1.165) is 16.8 Å². The van der Waals surface area contributed by atoms with Crippen LogP contribution >= 0.6 is 11.8 Å². The summed E-state index contributed by atoms with van der Waals surface area (Å²) in [6.45, 7) is 8.13. The molecular formula is C23H25N3O3S. The van der Waals surface area contributed by atoms with Crippen LogP contribution in [0.3, 0.4) is 0 Å². The Morgan fingerprint density at radius 2 is 2.07 bits per heavy atom. The van der Waals surface area contributed by atoms with Crippen LogP contribution in [0.2, 0.25) is 0 Å². The van der Waals surface area contributed by atoms with Gasteiger partial charge in [-0.15, -0.1) is 6.58 Å². The molecule has 0 saturated carbocycles. The number of thioether (sulfide) groups is 1. The van der Waals surface area contributed by atoms with E-state index < -0.39 is 5.25 Å². The van der Waals surface area contributed by atoms with Gasteiger partial charge in [-0.2, -0.15) is 0 Å². The number of hydrogen-bond donors (Lipinski definition) is 1. The van der Waals surface area contributed by atoms with Gasteiger partial charge in [-0.1, -0.05) is 36.0 Å². The molecule has 156 valence electrons. The smallest absolute Gasteiger partial charge is 0.242 e. The zero-order chi connectivity index (χ0) is 21.7. The highest BCUT2D eigenvalue weighted by Crippen LogP contribution is 2.33. The number of carbonyl (C=O) groups excluding carboxylic acids is 2. The van der Waals surface area contributed by atoms with Crippen LogP contribution in [0, 0.1) is 13.8 Å². The largest absolute Gasteiger partial charge is 0.497 e. The molecule has 1 saturated heterocycles. The third-order valence-corrected chi connectivity index (χ3v) is 6.02. The molecule has 30 heavy (non-hydrogen) atoms. The van der Waals surface area contributed by atoms with Crippen molar-refractivity contribution in [2.24, 2.45) is 4.99 Å². The number of aryl methyl sites for hydroxylation is 1. The highest BCUT2D eigenvalue weighted by Gasteiger charge is 2.38. The van der Waals surface area contributed by atoms with Crippen molar-refractivity contribution in [3.05, 3.63) is 66.2 Å². The Morgan fingerprint density at radius 3 is 2.80 bits per heavy atom. The van der Waals surface area contributed by atoms with Crippen molar-refractivity contribution in [1.82, 2.24) is 4.90 Å². The minimum absolute atomic E-state index is 0.0557. The van der Waals surface area contributed by atoms with Crippen LogP contribution in [0.15, 0.2) is 60.1 Å². The molecule has 1 heterocycles. The summed E-state index contributed by atoms with van der Waals surface area (Å²) >= 11 is 1.32. The fourth-order valence-electron chi connectivity index (χ4n) is 3.06. The van der Waals surface area contributed by atoms with Crippen molar-refractivity contribution in [1.29, 1.82) is 0 Å². The summed E-state index contributed by atoms with van der Waals surface area (Å²) in [5.74, 6) is 0.282. The number of nitrogens with zero attached hydrogens (tertiary/aromatic N) is 2. The van der Waals surface area contributed by atoms with Crippen molar-refractivity contribution >= 4 is 40.1 Å². The first kappa shape index (κ1) is 21.6. The van der Waals surface area contributed by atoms with E-state index in [1.165, 1.54) is 11.8 Å². The van der Waals surface area contributed by atoms with Crippen LogP contribution in [0.25, 0.3) is 0 Å². The van der Waals surface area contributed by atoms with E-state index in [1.54, 1.807) is 42.4 Å². The molecule has 2 amide bonds. The molecular weight excluding hydrogens is 398 g/mol. The molecule has 7 heteroatoms. The van der Waals surface area contributed by atoms with Crippen LogP contribution in [0.4, 0.5) is 11.4 Å². The van der Waals surface area contributed by atoms with Gasteiger partial charge in [0, 0.05) is 24.7 Å². The average molecular weight is 424 g/mol. The van der Waals surface area contributed by atoms with E-state index >= 15 is 0 Å². The summed E-state index contributed by atoms with van der Waals surface area (Å²) < 4.78 is 5.18. The maximum atomic E-state index is 12.9. The van der Waals surface area contributed by atoms with E-state index in [0.29, 0.717) is 23.1 Å². The number of anilines is 1. The number of amidine groups is 1. The number of methoxy groups -OCH3 is 1. The van der Waals surface area contributed by atoms with Gasteiger partial charge < -0.3 is 10.1 Å². The molecule has 0 bridgehead atoms. The zero-order valence-corrected chi connectivity index (χ0v) is 18.2. The second kappa shape index (κ2) is 9.63. The molecule has 0 aliphatic carbocycles. The normalized spacial score (nSPS) is 17.3. The van der Waals surface area contributed by atoms with E-state index in [2.05, 4.69) is 11.9 Å². The lowest BCUT2D eigenvalue weighted by Gasteiger charge is -2.14. The molecule has 0 radical (unpaired) electrons. The summed E-state index contributed by atoms with van der Waals surface area (Å²) in [7, 11) is 1.57. The quantitative estimate of drug-likeness (QED) is 0.668. The maximum Gasteiger partial charge on any atom is 0.242 e. The summed E-state index contributed by atoms with van der Waals surface area (Å²) in [5, 5.41) is 2.89. The molecule has 1 fully saturated rings. The minimum atomic E-state index is -0.528. The second-order valence-corrected chi connectivity index (χ2v) is 8.11. The van der Waals surface area contributed by atoms with E-state index in [1.807, 2.05) is 32.0 Å². The van der Waals surface area contributed by atoms with E-state index in [-0.39, 0.29) is 18.2 Å². The topological polar surface area (TPSA) is 71.0 Å². The van der Waals surface area contributed by atoms with Gasteiger partial charge in [-0.05, 0) is 43.2 Å². The Balaban J connectivity index is 1.76. The zero-order valence-electron chi connectivity index (χ0n) is 17.3. The highest BCUT2D eigenvalue weighted by atomic mass is 32.2. The molecule has 2 aromatic rings. The summed E-state index contributed by atoms with van der Waals surface area (Å²) in [6, 6.07) is 13.0. The first-order valence-corrected chi connectivity index (χ1v) is 10.5. The lowest BCUT2D eigenvalue weighted by atomic mass is 10.1. The van der Waals surface area contributed by atoms with Gasteiger partial charge in [0.1, 0.15) is 11.0 Å². The Labute approximate surface area is 181 Å². The monoisotopic (exact) mass is 423 g/mol. The van der Waals surface area contributed by atoms with Crippen molar-refractivity contribution in [2.45, 2.75) is 25.5 Å². The molecule has 1 aliphatic rings. The number of amides is 2. The Bertz CT molecular complexity index is 1000. The van der Waals surface area contributed by atoms with Gasteiger partial charge in [0.05, 0.1) is 12.8 Å². The van der Waals surface area contributed by atoms with E-state index in [9.17, 15) is 9.59 Å². The first-order valence-electron chi connectivity index (χ1n) is 9.60. The number of nitrogens with one attached hydrogen (secondary N) is 1. The molecule has 0 unspecified atom stereocenters. The molecule has 0 aromatic heterocycles. The standard InChI is InChI=1S/C23H25N3O3S/c1-5-12-26-22(28)20(14-21(27)24-17-9-7-10-18(13-17)29-4)30-23(26)25-19-11-6-8-15(2)16(19)3/h5-11,13,20H,1,12,14H2,2-4H3,(H,24,27)/t20-/m1/s1. The third-order valence-electron chi connectivity index (χ3n) is 4.85. The van der Waals surface area contributed by atoms with Gasteiger partial charge in [-0.25, -0.2) is 4.99 Å². The molecule has 6 nitrogen and oxygen atoms in total. The number of benzene rings is 2. The van der Waals surface area contributed by atoms with Gasteiger partial charge in [0.25, 0.3) is 0 Å². The Hall–Kier alpha value is -3.06. The van der Waals surface area contributed by atoms with Crippen LogP contribution in [-0.4, -0.2) is 40.8 Å². The molecule has 0 spiro atoms. The van der Waals surface area contributed by atoms with Crippen molar-refractivity contribution in [3.63, 3.8) is 0 Å². The fourth-order valence-corrected chi connectivity index (χ4v) is 4.22. The lowest BCUT2D eigenvalue weighted by Crippen LogP contribution is -2.33. The first-order chi connectivity index (χ1) is 14.4. The van der Waals surface area contributed by atoms with Crippen molar-refractivity contribution < 1.29 is 14.3 Å². The number of rotatable bonds is 7. The lowest BCUT2D eigenvalue weighted by molar-refractivity contribution is -0.127. The fraction of sp³-hybridized carbons (Fsp3) is 0.261. The van der Waals surface area contributed by atoms with Crippen LogP contribution < -0.4 is 10.1 Å². The predicted molar refractivity (Wildman–Crippen MR) is 123 cm³/mol. The SMILES string of the molecule is C=CCN1C(=O)[C@@H](CC(=O)Nc2cccc(OC)c2)SC1=Nc1cccc(C)c1C. The summed E-state index contributed by atoms with van der Waals surface area (Å²) in [6.07, 6.45) is 1.72.